The second-order valence-electron chi connectivity index (χ2n) is 6.62. The molecule has 0 aliphatic heterocycles. The first-order valence-corrected chi connectivity index (χ1v) is 8.65. The molecule has 1 N–H and O–H groups in total. The van der Waals surface area contributed by atoms with Crippen LogP contribution >= 0.6 is 0 Å². The lowest BCUT2D eigenvalue weighted by Crippen LogP contribution is -2.40. The highest BCUT2D eigenvalue weighted by atomic mass is 19.1. The number of hydrogen-bond acceptors (Lipinski definition) is 3. The summed E-state index contributed by atoms with van der Waals surface area (Å²) in [4.78, 5) is 24.3. The van der Waals surface area contributed by atoms with Gasteiger partial charge in [0.25, 0.3) is 5.56 Å². The molecule has 0 radical (unpaired) electrons. The van der Waals surface area contributed by atoms with Gasteiger partial charge in [-0.3, -0.25) is 9.59 Å². The zero-order chi connectivity index (χ0) is 17.8. The molecule has 132 valence electrons. The predicted molar refractivity (Wildman–Crippen MR) is 92.8 cm³/mol. The third kappa shape index (κ3) is 4.53. The molecule has 1 atom stereocenters. The van der Waals surface area contributed by atoms with E-state index < -0.39 is 0 Å². The van der Waals surface area contributed by atoms with E-state index in [1.807, 2.05) is 6.92 Å². The number of carbonyl (C=O) groups is 1. The van der Waals surface area contributed by atoms with Gasteiger partial charge in [0.05, 0.1) is 18.7 Å². The SMILES string of the molecule is C[C@@H](Cn1nc2c(cc1=O)CCCC2)NC(=O)Cc1cccc(F)c1. The van der Waals surface area contributed by atoms with Gasteiger partial charge < -0.3 is 5.32 Å². The maximum Gasteiger partial charge on any atom is 0.267 e. The lowest BCUT2D eigenvalue weighted by atomic mass is 9.97. The molecule has 0 bridgehead atoms. The summed E-state index contributed by atoms with van der Waals surface area (Å²) in [6, 6.07) is 7.41. The van der Waals surface area contributed by atoms with Crippen molar-refractivity contribution in [1.82, 2.24) is 15.1 Å². The van der Waals surface area contributed by atoms with Crippen LogP contribution in [0, 0.1) is 5.82 Å². The van der Waals surface area contributed by atoms with Crippen molar-refractivity contribution in [3.05, 3.63) is 63.3 Å². The summed E-state index contributed by atoms with van der Waals surface area (Å²) in [5.41, 5.74) is 2.53. The maximum absolute atomic E-state index is 13.2. The molecule has 1 heterocycles. The van der Waals surface area contributed by atoms with Crippen LogP contribution in [0.4, 0.5) is 4.39 Å². The molecule has 0 saturated carbocycles. The van der Waals surface area contributed by atoms with Crippen LogP contribution in [-0.4, -0.2) is 21.7 Å². The second-order valence-corrected chi connectivity index (χ2v) is 6.62. The number of nitrogens with one attached hydrogen (secondary N) is 1. The molecule has 1 aliphatic carbocycles. The Hall–Kier alpha value is -2.50. The first kappa shape index (κ1) is 17.3. The molecule has 0 spiro atoms. The van der Waals surface area contributed by atoms with Crippen molar-refractivity contribution in [2.75, 3.05) is 0 Å². The first-order valence-electron chi connectivity index (χ1n) is 8.65. The Kier molecular flexibility index (Phi) is 5.26. The van der Waals surface area contributed by atoms with Gasteiger partial charge in [-0.25, -0.2) is 9.07 Å². The van der Waals surface area contributed by atoms with Crippen LogP contribution in [-0.2, 0) is 30.6 Å². The van der Waals surface area contributed by atoms with Crippen LogP contribution in [0.25, 0.3) is 0 Å². The van der Waals surface area contributed by atoms with Gasteiger partial charge in [-0.2, -0.15) is 5.10 Å². The van der Waals surface area contributed by atoms with Gasteiger partial charge >= 0.3 is 0 Å². The van der Waals surface area contributed by atoms with Gasteiger partial charge in [-0.1, -0.05) is 12.1 Å². The summed E-state index contributed by atoms with van der Waals surface area (Å²) >= 11 is 0. The monoisotopic (exact) mass is 343 g/mol. The summed E-state index contributed by atoms with van der Waals surface area (Å²) in [5, 5.41) is 7.30. The Labute approximate surface area is 145 Å². The summed E-state index contributed by atoms with van der Waals surface area (Å²) < 4.78 is 14.6. The van der Waals surface area contributed by atoms with Crippen molar-refractivity contribution in [3.63, 3.8) is 0 Å². The molecular weight excluding hydrogens is 321 g/mol. The lowest BCUT2D eigenvalue weighted by molar-refractivity contribution is -0.121. The fraction of sp³-hybridized carbons (Fsp3) is 0.421. The molecule has 5 nitrogen and oxygen atoms in total. The molecule has 0 fully saturated rings. The molecule has 0 saturated heterocycles. The maximum atomic E-state index is 13.2. The van der Waals surface area contributed by atoms with Gasteiger partial charge in [0.15, 0.2) is 0 Å². The quantitative estimate of drug-likeness (QED) is 0.903. The van der Waals surface area contributed by atoms with Crippen LogP contribution in [0.15, 0.2) is 35.1 Å². The number of aryl methyl sites for hydroxylation is 2. The van der Waals surface area contributed by atoms with E-state index in [4.69, 9.17) is 0 Å². The molecule has 3 rings (SSSR count). The highest BCUT2D eigenvalue weighted by Crippen LogP contribution is 2.16. The lowest BCUT2D eigenvalue weighted by Gasteiger charge is -2.18. The molecule has 1 aromatic heterocycles. The fourth-order valence-electron chi connectivity index (χ4n) is 3.20. The number of carbonyl (C=O) groups excluding carboxylic acids is 1. The minimum absolute atomic E-state index is 0.106. The van der Waals surface area contributed by atoms with Gasteiger partial charge in [0.2, 0.25) is 5.91 Å². The first-order chi connectivity index (χ1) is 12.0. The van der Waals surface area contributed by atoms with Crippen molar-refractivity contribution in [3.8, 4) is 0 Å². The number of benzene rings is 1. The number of aromatic nitrogens is 2. The predicted octanol–water partition coefficient (Wildman–Crippen LogP) is 2.01. The zero-order valence-corrected chi connectivity index (χ0v) is 14.3. The smallest absolute Gasteiger partial charge is 0.267 e. The third-order valence-corrected chi connectivity index (χ3v) is 4.38. The van der Waals surface area contributed by atoms with Crippen molar-refractivity contribution in [2.45, 2.75) is 51.6 Å². The van der Waals surface area contributed by atoms with E-state index >= 15 is 0 Å². The van der Waals surface area contributed by atoms with E-state index in [0.717, 1.165) is 36.9 Å². The van der Waals surface area contributed by atoms with Crippen LogP contribution < -0.4 is 10.9 Å². The van der Waals surface area contributed by atoms with Crippen LogP contribution in [0.3, 0.4) is 0 Å². The summed E-state index contributed by atoms with van der Waals surface area (Å²) in [6.07, 6.45) is 4.12. The zero-order valence-electron chi connectivity index (χ0n) is 14.3. The number of rotatable bonds is 5. The molecule has 1 aromatic carbocycles. The van der Waals surface area contributed by atoms with E-state index in [0.29, 0.717) is 12.1 Å². The van der Waals surface area contributed by atoms with E-state index in [9.17, 15) is 14.0 Å². The topological polar surface area (TPSA) is 64.0 Å². The number of hydrogen-bond donors (Lipinski definition) is 1. The van der Waals surface area contributed by atoms with Crippen molar-refractivity contribution >= 4 is 5.91 Å². The van der Waals surface area contributed by atoms with E-state index in [1.54, 1.807) is 18.2 Å². The van der Waals surface area contributed by atoms with Gasteiger partial charge in [0.1, 0.15) is 5.82 Å². The number of fused-ring (bicyclic) bond motifs is 1. The molecule has 1 aliphatic rings. The standard InChI is InChI=1S/C19H22FN3O2/c1-13(21-18(24)10-14-5-4-7-16(20)9-14)12-23-19(25)11-15-6-2-3-8-17(15)22-23/h4-5,7,9,11,13H,2-3,6,8,10,12H2,1H3,(H,21,24)/t13-/m0/s1. The fourth-order valence-corrected chi connectivity index (χ4v) is 3.20. The highest BCUT2D eigenvalue weighted by Gasteiger charge is 2.15. The van der Waals surface area contributed by atoms with Crippen LogP contribution in [0.2, 0.25) is 0 Å². The minimum Gasteiger partial charge on any atom is -0.351 e. The van der Waals surface area contributed by atoms with Crippen LogP contribution in [0.5, 0.6) is 0 Å². The molecule has 25 heavy (non-hydrogen) atoms. The molecular formula is C19H22FN3O2. The molecule has 2 aromatic rings. The minimum atomic E-state index is -0.358. The van der Waals surface area contributed by atoms with Crippen molar-refractivity contribution in [1.29, 1.82) is 0 Å². The Bertz CT molecular complexity index is 832. The second kappa shape index (κ2) is 7.59. The third-order valence-electron chi connectivity index (χ3n) is 4.38. The Balaban J connectivity index is 1.61. The largest absolute Gasteiger partial charge is 0.351 e. The summed E-state index contributed by atoms with van der Waals surface area (Å²) in [5.74, 6) is -0.563. The number of amides is 1. The normalized spacial score (nSPS) is 14.6. The Morgan fingerprint density at radius 3 is 2.92 bits per heavy atom. The molecule has 1 amide bonds. The van der Waals surface area contributed by atoms with Crippen LogP contribution in [0.1, 0.15) is 36.6 Å². The summed E-state index contributed by atoms with van der Waals surface area (Å²) in [7, 11) is 0. The summed E-state index contributed by atoms with van der Waals surface area (Å²) in [6.45, 7) is 2.15. The van der Waals surface area contributed by atoms with E-state index in [2.05, 4.69) is 10.4 Å². The van der Waals surface area contributed by atoms with E-state index in [-0.39, 0.29) is 29.7 Å². The van der Waals surface area contributed by atoms with Gasteiger partial charge in [-0.05, 0) is 55.9 Å². The van der Waals surface area contributed by atoms with Crippen molar-refractivity contribution in [2.24, 2.45) is 0 Å². The molecule has 0 unspecified atom stereocenters. The average molecular weight is 343 g/mol. The number of halogens is 1. The average Bonchev–Trinajstić information content (AvgIpc) is 2.55. The van der Waals surface area contributed by atoms with E-state index in [1.165, 1.54) is 16.8 Å². The molecule has 6 heteroatoms. The van der Waals surface area contributed by atoms with Gasteiger partial charge in [0, 0.05) is 12.1 Å². The number of nitrogens with zero attached hydrogens (tertiary/aromatic N) is 2. The Morgan fingerprint density at radius 1 is 1.32 bits per heavy atom. The van der Waals surface area contributed by atoms with Gasteiger partial charge in [-0.15, -0.1) is 0 Å². The highest BCUT2D eigenvalue weighted by molar-refractivity contribution is 5.78. The Morgan fingerprint density at radius 2 is 2.12 bits per heavy atom. The van der Waals surface area contributed by atoms with Crippen molar-refractivity contribution < 1.29 is 9.18 Å².